The van der Waals surface area contributed by atoms with Crippen molar-refractivity contribution in [3.63, 3.8) is 0 Å². The smallest absolute Gasteiger partial charge is 0.271 e. The average molecular weight is 448 g/mol. The molecule has 3 heterocycles. The van der Waals surface area contributed by atoms with Gasteiger partial charge in [-0.15, -0.1) is 0 Å². The van der Waals surface area contributed by atoms with E-state index in [1.54, 1.807) is 19.1 Å². The van der Waals surface area contributed by atoms with Gasteiger partial charge < -0.3 is 0 Å². The number of Topliss-reactive ketones (excluding diaryl/α,β-unsaturated/α-hetero) is 1. The molecule has 2 aromatic rings. The summed E-state index contributed by atoms with van der Waals surface area (Å²) in [4.78, 5) is 52.1. The number of hydrogen-bond donors (Lipinski definition) is 0. The van der Waals surface area contributed by atoms with Gasteiger partial charge in [0.05, 0.1) is 28.5 Å². The fraction of sp³-hybridized carbons (Fsp3) is 0.217. The quantitative estimate of drug-likeness (QED) is 0.308. The van der Waals surface area contributed by atoms with Crippen LogP contribution in [0.25, 0.3) is 0 Å². The molecule has 0 aromatic heterocycles. The summed E-state index contributed by atoms with van der Waals surface area (Å²) in [5.41, 5.74) is 0.570. The van der Waals surface area contributed by atoms with Crippen LogP contribution in [0.1, 0.15) is 15.9 Å². The van der Waals surface area contributed by atoms with Gasteiger partial charge >= 0.3 is 0 Å². The number of fused-ring (bicyclic) bond motifs is 3. The lowest BCUT2D eigenvalue weighted by Crippen LogP contribution is -2.46. The van der Waals surface area contributed by atoms with Crippen molar-refractivity contribution in [1.82, 2.24) is 5.01 Å². The number of halogens is 1. The molecule has 0 bridgehead atoms. The first-order chi connectivity index (χ1) is 15.8. The van der Waals surface area contributed by atoms with E-state index in [0.29, 0.717) is 5.56 Å². The molecule has 4 atom stereocenters. The van der Waals surface area contributed by atoms with E-state index in [2.05, 4.69) is 5.10 Å². The Balaban J connectivity index is 1.59. The molecule has 5 rings (SSSR count). The van der Waals surface area contributed by atoms with Crippen molar-refractivity contribution in [2.75, 3.05) is 4.90 Å². The fourth-order valence-corrected chi connectivity index (χ4v) is 4.81. The van der Waals surface area contributed by atoms with Crippen LogP contribution in [0.2, 0.25) is 0 Å². The normalized spacial score (nSPS) is 25.4. The van der Waals surface area contributed by atoms with Gasteiger partial charge in [-0.1, -0.05) is 12.1 Å². The van der Waals surface area contributed by atoms with Gasteiger partial charge in [0.1, 0.15) is 11.9 Å². The number of non-ortho nitro benzene ring substituents is 1. The third-order valence-electron chi connectivity index (χ3n) is 6.33. The van der Waals surface area contributed by atoms with E-state index in [1.165, 1.54) is 41.6 Å². The number of rotatable bonds is 4. The molecule has 2 amide bonds. The van der Waals surface area contributed by atoms with Crippen molar-refractivity contribution in [2.24, 2.45) is 16.9 Å². The SMILES string of the molecule is Cc1ccc([N+](=O)[O-])cc1N1C(=O)[C@@H]2[C@H](C1=O)[C@@H](C(=O)c1ccc(F)cc1)N1N=CC=C[C@@H]21. The lowest BCUT2D eigenvalue weighted by molar-refractivity contribution is -0.384. The van der Waals surface area contributed by atoms with Crippen LogP contribution >= 0.6 is 0 Å². The molecular formula is C23H17FN4O5. The van der Waals surface area contributed by atoms with Gasteiger partial charge in [0.15, 0.2) is 5.78 Å². The van der Waals surface area contributed by atoms with E-state index in [9.17, 15) is 28.9 Å². The van der Waals surface area contributed by atoms with Crippen LogP contribution in [0.3, 0.4) is 0 Å². The number of allylic oxidation sites excluding steroid dienone is 1. The molecule has 2 fully saturated rings. The number of amides is 2. The summed E-state index contributed by atoms with van der Waals surface area (Å²) in [5, 5.41) is 17.0. The number of carbonyl (C=O) groups is 3. The summed E-state index contributed by atoms with van der Waals surface area (Å²) >= 11 is 0. The number of nitrogens with zero attached hydrogens (tertiary/aromatic N) is 4. The van der Waals surface area contributed by atoms with E-state index >= 15 is 0 Å². The van der Waals surface area contributed by atoms with Crippen LogP contribution in [-0.2, 0) is 9.59 Å². The Morgan fingerprint density at radius 1 is 1.09 bits per heavy atom. The highest BCUT2D eigenvalue weighted by molar-refractivity contribution is 6.25. The molecule has 3 aliphatic heterocycles. The van der Waals surface area contributed by atoms with Gasteiger partial charge in [0, 0.05) is 23.9 Å². The predicted octanol–water partition coefficient (Wildman–Crippen LogP) is 2.64. The Bertz CT molecular complexity index is 1270. The minimum Gasteiger partial charge on any atom is -0.292 e. The van der Waals surface area contributed by atoms with Gasteiger partial charge in [0.2, 0.25) is 11.8 Å². The second kappa shape index (κ2) is 7.44. The zero-order chi connectivity index (χ0) is 23.4. The molecule has 33 heavy (non-hydrogen) atoms. The molecule has 9 nitrogen and oxygen atoms in total. The molecule has 0 saturated carbocycles. The third-order valence-corrected chi connectivity index (χ3v) is 6.33. The second-order valence-electron chi connectivity index (χ2n) is 8.13. The number of hydrazone groups is 1. The summed E-state index contributed by atoms with van der Waals surface area (Å²) in [5.74, 6) is -4.06. The van der Waals surface area contributed by atoms with Crippen molar-refractivity contribution < 1.29 is 23.7 Å². The van der Waals surface area contributed by atoms with E-state index in [0.717, 1.165) is 17.0 Å². The number of anilines is 1. The lowest BCUT2D eigenvalue weighted by atomic mass is 9.86. The minimum absolute atomic E-state index is 0.122. The number of aryl methyl sites for hydroxylation is 1. The molecule has 2 saturated heterocycles. The second-order valence-corrected chi connectivity index (χ2v) is 8.13. The molecule has 0 unspecified atom stereocenters. The van der Waals surface area contributed by atoms with Crippen molar-refractivity contribution in [1.29, 1.82) is 0 Å². The largest absolute Gasteiger partial charge is 0.292 e. The molecular weight excluding hydrogens is 431 g/mol. The topological polar surface area (TPSA) is 113 Å². The molecule has 10 heteroatoms. The molecule has 166 valence electrons. The van der Waals surface area contributed by atoms with E-state index in [-0.39, 0.29) is 16.9 Å². The first-order valence-electron chi connectivity index (χ1n) is 10.2. The zero-order valence-corrected chi connectivity index (χ0v) is 17.3. The summed E-state index contributed by atoms with van der Waals surface area (Å²) in [6.07, 6.45) is 4.82. The third kappa shape index (κ3) is 3.05. The number of ketones is 1. The zero-order valence-electron chi connectivity index (χ0n) is 17.3. The highest BCUT2D eigenvalue weighted by atomic mass is 19.1. The van der Waals surface area contributed by atoms with Crippen LogP contribution in [0, 0.1) is 34.7 Å². The van der Waals surface area contributed by atoms with Gasteiger partial charge in [-0.25, -0.2) is 9.29 Å². The number of imide groups is 1. The highest BCUT2D eigenvalue weighted by Crippen LogP contribution is 2.47. The van der Waals surface area contributed by atoms with Gasteiger partial charge in [0.25, 0.3) is 5.69 Å². The maximum Gasteiger partial charge on any atom is 0.271 e. The predicted molar refractivity (Wildman–Crippen MR) is 115 cm³/mol. The molecule has 0 N–H and O–H groups in total. The molecule has 0 radical (unpaired) electrons. The summed E-state index contributed by atoms with van der Waals surface area (Å²) in [6.45, 7) is 1.64. The molecule has 0 aliphatic carbocycles. The Morgan fingerprint density at radius 2 is 1.79 bits per heavy atom. The van der Waals surface area contributed by atoms with E-state index in [4.69, 9.17) is 0 Å². The molecule has 3 aliphatic rings. The van der Waals surface area contributed by atoms with Crippen molar-refractivity contribution in [3.8, 4) is 0 Å². The number of nitro benzene ring substituents is 1. The number of carbonyl (C=O) groups excluding carboxylic acids is 3. The van der Waals surface area contributed by atoms with Crippen molar-refractivity contribution in [3.05, 3.63) is 81.7 Å². The summed E-state index contributed by atoms with van der Waals surface area (Å²) < 4.78 is 13.4. The van der Waals surface area contributed by atoms with Gasteiger partial charge in [-0.3, -0.25) is 29.5 Å². The Morgan fingerprint density at radius 3 is 2.48 bits per heavy atom. The van der Waals surface area contributed by atoms with Crippen molar-refractivity contribution >= 4 is 35.2 Å². The number of nitro groups is 1. The van der Waals surface area contributed by atoms with Crippen LogP contribution in [-0.4, -0.2) is 45.8 Å². The van der Waals surface area contributed by atoms with Crippen LogP contribution in [0.15, 0.2) is 59.7 Å². The molecule has 0 spiro atoms. The summed E-state index contributed by atoms with van der Waals surface area (Å²) in [7, 11) is 0. The Labute approximate surface area is 186 Å². The maximum atomic E-state index is 13.6. The van der Waals surface area contributed by atoms with Crippen LogP contribution < -0.4 is 4.90 Å². The van der Waals surface area contributed by atoms with Crippen LogP contribution in [0.5, 0.6) is 0 Å². The average Bonchev–Trinajstić information content (AvgIpc) is 3.27. The monoisotopic (exact) mass is 448 g/mol. The Hall–Kier alpha value is -4.21. The lowest BCUT2D eigenvalue weighted by Gasteiger charge is -2.30. The Kier molecular flexibility index (Phi) is 4.66. The van der Waals surface area contributed by atoms with Crippen molar-refractivity contribution in [2.45, 2.75) is 19.0 Å². The first-order valence-corrected chi connectivity index (χ1v) is 10.2. The number of hydrogen-bond acceptors (Lipinski definition) is 7. The van der Waals surface area contributed by atoms with Gasteiger partial charge in [-0.2, -0.15) is 5.10 Å². The van der Waals surface area contributed by atoms with E-state index < -0.39 is 52.3 Å². The van der Waals surface area contributed by atoms with Crippen LogP contribution in [0.4, 0.5) is 15.8 Å². The standard InChI is InChI=1S/C23H17FN4O5/c1-12-4-9-15(28(32)33)11-17(12)26-22(30)18-16-3-2-10-25-27(16)20(19(18)23(26)31)21(29)13-5-7-14(24)8-6-13/h2-11,16,18-20H,1H3/t16-,18-,19-,20-/m0/s1. The first kappa shape index (κ1) is 20.7. The highest BCUT2D eigenvalue weighted by Gasteiger charge is 2.64. The maximum absolute atomic E-state index is 13.6. The summed E-state index contributed by atoms with van der Waals surface area (Å²) in [6, 6.07) is 7.21. The van der Waals surface area contributed by atoms with E-state index in [1.807, 2.05) is 0 Å². The minimum atomic E-state index is -1.08. The van der Waals surface area contributed by atoms with Gasteiger partial charge in [-0.05, 0) is 42.8 Å². The fourth-order valence-electron chi connectivity index (χ4n) is 4.81. The molecule has 2 aromatic carbocycles. The number of benzene rings is 2.